The zero-order chi connectivity index (χ0) is 15.3. The second-order valence-electron chi connectivity index (χ2n) is 4.86. The molecule has 0 heterocycles. The molecule has 0 saturated carbocycles. The lowest BCUT2D eigenvalue weighted by atomic mass is 10.2. The number of amides is 1. The summed E-state index contributed by atoms with van der Waals surface area (Å²) in [5.41, 5.74) is 6.34. The number of nitrogens with two attached hydrogens (primary N) is 1. The molecule has 0 atom stereocenters. The molecule has 0 radical (unpaired) electrons. The first-order valence-corrected chi connectivity index (χ1v) is 7.65. The van der Waals surface area contributed by atoms with Gasteiger partial charge in [0.25, 0.3) is 0 Å². The first-order valence-electron chi connectivity index (χ1n) is 7.65. The van der Waals surface area contributed by atoms with E-state index in [1.54, 1.807) is 12.2 Å². The third kappa shape index (κ3) is 7.51. The number of nitrogens with one attached hydrogen (secondary N) is 1. The molecule has 0 aromatic heterocycles. The Labute approximate surface area is 127 Å². The van der Waals surface area contributed by atoms with Crippen molar-refractivity contribution in [3.8, 4) is 5.75 Å². The summed E-state index contributed by atoms with van der Waals surface area (Å²) in [4.78, 5) is 11.7. The predicted octanol–water partition coefficient (Wildman–Crippen LogP) is 2.73. The van der Waals surface area contributed by atoms with E-state index in [1.807, 2.05) is 24.3 Å². The van der Waals surface area contributed by atoms with Crippen LogP contribution in [0.15, 0.2) is 30.3 Å². The van der Waals surface area contributed by atoms with Crippen molar-refractivity contribution in [3.05, 3.63) is 35.9 Å². The molecule has 4 nitrogen and oxygen atoms in total. The van der Waals surface area contributed by atoms with Gasteiger partial charge in [-0.1, -0.05) is 31.5 Å². The van der Waals surface area contributed by atoms with Gasteiger partial charge in [-0.3, -0.25) is 4.79 Å². The minimum absolute atomic E-state index is 0.0759. The number of rotatable bonds is 10. The number of carbonyl (C=O) groups excluding carboxylic acids is 1. The Bertz CT molecular complexity index is 444. The molecule has 1 aromatic rings. The van der Waals surface area contributed by atoms with Crippen molar-refractivity contribution in [2.24, 2.45) is 5.73 Å². The van der Waals surface area contributed by atoms with Crippen molar-refractivity contribution in [3.63, 3.8) is 0 Å². The Kier molecular flexibility index (Phi) is 8.96. The average Bonchev–Trinajstić information content (AvgIpc) is 2.51. The molecule has 0 bridgehead atoms. The number of ether oxygens (including phenoxy) is 1. The normalized spacial score (nSPS) is 10.8. The maximum Gasteiger partial charge on any atom is 0.244 e. The van der Waals surface area contributed by atoms with Crippen LogP contribution in [0.1, 0.15) is 38.2 Å². The van der Waals surface area contributed by atoms with Crippen molar-refractivity contribution in [2.75, 3.05) is 19.7 Å². The Balaban J connectivity index is 2.42. The molecule has 1 amide bonds. The van der Waals surface area contributed by atoms with Crippen molar-refractivity contribution >= 4 is 12.0 Å². The summed E-state index contributed by atoms with van der Waals surface area (Å²) in [6, 6.07) is 7.72. The van der Waals surface area contributed by atoms with E-state index in [0.29, 0.717) is 19.7 Å². The standard InChI is InChI=1S/C17H26N2O2/c1-2-14-21-16-9-5-4-8-15(16)10-11-17(20)19-13-7-3-6-12-18/h4-5,8-11H,2-3,6-7,12-14,18H2,1H3,(H,19,20)/b11-10+. The molecule has 0 aliphatic rings. The first kappa shape index (κ1) is 17.2. The van der Waals surface area contributed by atoms with Crippen LogP contribution < -0.4 is 15.8 Å². The number of hydrogen-bond donors (Lipinski definition) is 2. The molecule has 3 N–H and O–H groups in total. The van der Waals surface area contributed by atoms with Gasteiger partial charge in [0.2, 0.25) is 5.91 Å². The van der Waals surface area contributed by atoms with E-state index in [9.17, 15) is 4.79 Å². The highest BCUT2D eigenvalue weighted by Crippen LogP contribution is 2.19. The lowest BCUT2D eigenvalue weighted by Crippen LogP contribution is -2.22. The number of para-hydroxylation sites is 1. The van der Waals surface area contributed by atoms with Gasteiger partial charge in [0.1, 0.15) is 5.75 Å². The van der Waals surface area contributed by atoms with Gasteiger partial charge in [0, 0.05) is 18.2 Å². The molecule has 116 valence electrons. The Hall–Kier alpha value is -1.81. The van der Waals surface area contributed by atoms with Crippen LogP contribution in [0.3, 0.4) is 0 Å². The molecule has 0 aliphatic carbocycles. The topological polar surface area (TPSA) is 64.3 Å². The van der Waals surface area contributed by atoms with E-state index < -0.39 is 0 Å². The van der Waals surface area contributed by atoms with Gasteiger partial charge in [-0.15, -0.1) is 0 Å². The molecule has 1 aromatic carbocycles. The van der Waals surface area contributed by atoms with E-state index in [1.165, 1.54) is 0 Å². The van der Waals surface area contributed by atoms with Gasteiger partial charge in [-0.25, -0.2) is 0 Å². The van der Waals surface area contributed by atoms with Crippen LogP contribution in [0.5, 0.6) is 5.75 Å². The van der Waals surface area contributed by atoms with E-state index >= 15 is 0 Å². The highest BCUT2D eigenvalue weighted by Gasteiger charge is 2.00. The van der Waals surface area contributed by atoms with E-state index in [2.05, 4.69) is 12.2 Å². The summed E-state index contributed by atoms with van der Waals surface area (Å²) in [6.07, 6.45) is 7.33. The molecule has 1 rings (SSSR count). The number of benzene rings is 1. The fourth-order valence-corrected chi connectivity index (χ4v) is 1.84. The highest BCUT2D eigenvalue weighted by atomic mass is 16.5. The summed E-state index contributed by atoms with van der Waals surface area (Å²) in [5, 5.41) is 2.87. The van der Waals surface area contributed by atoms with Crippen LogP contribution in [0, 0.1) is 0 Å². The summed E-state index contributed by atoms with van der Waals surface area (Å²) in [5.74, 6) is 0.736. The predicted molar refractivity (Wildman–Crippen MR) is 87.2 cm³/mol. The van der Waals surface area contributed by atoms with Crippen LogP contribution in [0.25, 0.3) is 6.08 Å². The van der Waals surface area contributed by atoms with Gasteiger partial charge in [0.05, 0.1) is 6.61 Å². The molecule has 4 heteroatoms. The maximum absolute atomic E-state index is 11.7. The number of hydrogen-bond acceptors (Lipinski definition) is 3. The molecular weight excluding hydrogens is 264 g/mol. The lowest BCUT2D eigenvalue weighted by Gasteiger charge is -2.07. The van der Waals surface area contributed by atoms with Gasteiger partial charge < -0.3 is 15.8 Å². The SMILES string of the molecule is CCCOc1ccccc1/C=C/C(=O)NCCCCCN. The van der Waals surface area contributed by atoms with E-state index in [4.69, 9.17) is 10.5 Å². The molecule has 0 saturated heterocycles. The van der Waals surface area contributed by atoms with Crippen LogP contribution in [0.4, 0.5) is 0 Å². The quantitative estimate of drug-likeness (QED) is 0.514. The highest BCUT2D eigenvalue weighted by molar-refractivity contribution is 5.92. The summed E-state index contributed by atoms with van der Waals surface area (Å²) in [6.45, 7) is 4.15. The molecular formula is C17H26N2O2. The smallest absolute Gasteiger partial charge is 0.244 e. The fraction of sp³-hybridized carbons (Fsp3) is 0.471. The van der Waals surface area contributed by atoms with Crippen LogP contribution in [-0.4, -0.2) is 25.6 Å². The molecule has 21 heavy (non-hydrogen) atoms. The van der Waals surface area contributed by atoms with E-state index in [-0.39, 0.29) is 5.91 Å². The summed E-state index contributed by atoms with van der Waals surface area (Å²) >= 11 is 0. The Morgan fingerprint density at radius 3 is 2.86 bits per heavy atom. The second kappa shape index (κ2) is 10.9. The zero-order valence-electron chi connectivity index (χ0n) is 12.8. The Morgan fingerprint density at radius 2 is 2.10 bits per heavy atom. The Morgan fingerprint density at radius 1 is 1.29 bits per heavy atom. The van der Waals surface area contributed by atoms with Gasteiger partial charge >= 0.3 is 0 Å². The third-order valence-corrected chi connectivity index (χ3v) is 2.98. The van der Waals surface area contributed by atoms with E-state index in [0.717, 1.165) is 37.0 Å². The van der Waals surface area contributed by atoms with Gasteiger partial charge in [-0.2, -0.15) is 0 Å². The van der Waals surface area contributed by atoms with Crippen LogP contribution in [0.2, 0.25) is 0 Å². The van der Waals surface area contributed by atoms with Gasteiger partial charge in [0.15, 0.2) is 0 Å². The van der Waals surface area contributed by atoms with Crippen molar-refractivity contribution < 1.29 is 9.53 Å². The maximum atomic E-state index is 11.7. The minimum atomic E-state index is -0.0759. The third-order valence-electron chi connectivity index (χ3n) is 2.98. The van der Waals surface area contributed by atoms with Crippen molar-refractivity contribution in [2.45, 2.75) is 32.6 Å². The summed E-state index contributed by atoms with van der Waals surface area (Å²) < 4.78 is 5.65. The minimum Gasteiger partial charge on any atom is -0.493 e. The van der Waals surface area contributed by atoms with Crippen molar-refractivity contribution in [1.82, 2.24) is 5.32 Å². The zero-order valence-corrected chi connectivity index (χ0v) is 12.8. The van der Waals surface area contributed by atoms with Crippen LogP contribution in [-0.2, 0) is 4.79 Å². The monoisotopic (exact) mass is 290 g/mol. The average molecular weight is 290 g/mol. The van der Waals surface area contributed by atoms with Gasteiger partial charge in [-0.05, 0) is 37.9 Å². The largest absolute Gasteiger partial charge is 0.493 e. The number of carbonyl (C=O) groups is 1. The number of unbranched alkanes of at least 4 members (excludes halogenated alkanes) is 2. The van der Waals surface area contributed by atoms with Crippen LogP contribution >= 0.6 is 0 Å². The molecule has 0 spiro atoms. The summed E-state index contributed by atoms with van der Waals surface area (Å²) in [7, 11) is 0. The molecule has 0 aliphatic heterocycles. The fourth-order valence-electron chi connectivity index (χ4n) is 1.84. The first-order chi connectivity index (χ1) is 10.3. The molecule has 0 unspecified atom stereocenters. The molecule has 0 fully saturated rings. The van der Waals surface area contributed by atoms with Crippen molar-refractivity contribution in [1.29, 1.82) is 0 Å². The lowest BCUT2D eigenvalue weighted by molar-refractivity contribution is -0.116. The second-order valence-corrected chi connectivity index (χ2v) is 4.86.